The molecule has 19 heavy (non-hydrogen) atoms. The number of ketones is 1. The Morgan fingerprint density at radius 1 is 1.32 bits per heavy atom. The number of carbonyl (C=O) groups is 1. The molecule has 0 unspecified atom stereocenters. The minimum absolute atomic E-state index is 0.00224. The number of aryl methyl sites for hydroxylation is 2. The van der Waals surface area contributed by atoms with Crippen LogP contribution < -0.4 is 0 Å². The van der Waals surface area contributed by atoms with E-state index < -0.39 is 4.92 Å². The van der Waals surface area contributed by atoms with Gasteiger partial charge in [-0.15, -0.1) is 0 Å². The fraction of sp³-hybridized carbons (Fsp3) is 0.231. The summed E-state index contributed by atoms with van der Waals surface area (Å²) in [6, 6.07) is 7.18. The van der Waals surface area contributed by atoms with Crippen LogP contribution in [0.1, 0.15) is 21.5 Å². The van der Waals surface area contributed by atoms with Crippen LogP contribution in [0.4, 0.5) is 5.82 Å². The molecule has 0 saturated carbocycles. The lowest BCUT2D eigenvalue weighted by Crippen LogP contribution is -2.11. The molecule has 0 saturated heterocycles. The molecule has 0 aliphatic heterocycles. The van der Waals surface area contributed by atoms with Gasteiger partial charge in [-0.2, -0.15) is 4.68 Å². The van der Waals surface area contributed by atoms with Crippen molar-refractivity contribution in [3.8, 4) is 0 Å². The van der Waals surface area contributed by atoms with Crippen molar-refractivity contribution >= 4 is 11.6 Å². The number of aromatic nitrogens is 2. The Bertz CT molecular complexity index is 629. The van der Waals surface area contributed by atoms with Crippen molar-refractivity contribution in [3.05, 3.63) is 57.3 Å². The topological polar surface area (TPSA) is 78.0 Å². The molecule has 0 N–H and O–H groups in total. The standard InChI is InChI=1S/C13H13N3O3/c1-9-3-5-11(6-4-9)12(17)8-15-7-10(2)13(14-15)16(18)19/h3-7H,8H2,1-2H3. The van der Waals surface area contributed by atoms with Gasteiger partial charge in [-0.3, -0.25) is 4.79 Å². The van der Waals surface area contributed by atoms with Gasteiger partial charge in [0.05, 0.1) is 16.9 Å². The van der Waals surface area contributed by atoms with Crippen molar-refractivity contribution < 1.29 is 9.72 Å². The Labute approximate surface area is 109 Å². The second-order valence-corrected chi connectivity index (χ2v) is 4.38. The van der Waals surface area contributed by atoms with Crippen molar-refractivity contribution in [2.24, 2.45) is 0 Å². The number of carbonyl (C=O) groups excluding carboxylic acids is 1. The van der Waals surface area contributed by atoms with E-state index in [2.05, 4.69) is 5.10 Å². The first kappa shape index (κ1) is 12.9. The molecule has 2 rings (SSSR count). The molecule has 1 aromatic heterocycles. The average Bonchev–Trinajstić information content (AvgIpc) is 2.71. The Kier molecular flexibility index (Phi) is 3.41. The van der Waals surface area contributed by atoms with E-state index in [9.17, 15) is 14.9 Å². The third-order valence-corrected chi connectivity index (χ3v) is 2.77. The molecule has 2 aromatic rings. The molecular formula is C13H13N3O3. The van der Waals surface area contributed by atoms with Crippen molar-refractivity contribution in [2.75, 3.05) is 0 Å². The number of nitro groups is 1. The predicted molar refractivity (Wildman–Crippen MR) is 69.1 cm³/mol. The van der Waals surface area contributed by atoms with Gasteiger partial charge >= 0.3 is 5.82 Å². The maximum absolute atomic E-state index is 12.0. The van der Waals surface area contributed by atoms with E-state index in [1.165, 1.54) is 10.9 Å². The summed E-state index contributed by atoms with van der Waals surface area (Å²) in [5.41, 5.74) is 2.09. The molecular weight excluding hydrogens is 246 g/mol. The summed E-state index contributed by atoms with van der Waals surface area (Å²) in [6.07, 6.45) is 1.50. The van der Waals surface area contributed by atoms with E-state index in [0.29, 0.717) is 11.1 Å². The second-order valence-electron chi connectivity index (χ2n) is 4.38. The van der Waals surface area contributed by atoms with Crippen LogP contribution in [0.15, 0.2) is 30.5 Å². The minimum atomic E-state index is -0.553. The first-order valence-electron chi connectivity index (χ1n) is 5.75. The third kappa shape index (κ3) is 2.85. The van der Waals surface area contributed by atoms with Gasteiger partial charge < -0.3 is 10.1 Å². The highest BCUT2D eigenvalue weighted by Crippen LogP contribution is 2.14. The van der Waals surface area contributed by atoms with Crippen LogP contribution in [0.5, 0.6) is 0 Å². The molecule has 0 spiro atoms. The van der Waals surface area contributed by atoms with Crippen molar-refractivity contribution in [3.63, 3.8) is 0 Å². The van der Waals surface area contributed by atoms with E-state index in [1.807, 2.05) is 19.1 Å². The van der Waals surface area contributed by atoms with Gasteiger partial charge in [-0.25, -0.2) is 0 Å². The molecule has 0 atom stereocenters. The van der Waals surface area contributed by atoms with Gasteiger partial charge in [0, 0.05) is 5.56 Å². The zero-order chi connectivity index (χ0) is 14.0. The lowest BCUT2D eigenvalue weighted by Gasteiger charge is -1.99. The Morgan fingerprint density at radius 2 is 1.95 bits per heavy atom. The zero-order valence-corrected chi connectivity index (χ0v) is 10.7. The van der Waals surface area contributed by atoms with E-state index in [-0.39, 0.29) is 18.1 Å². The normalized spacial score (nSPS) is 10.4. The fourth-order valence-corrected chi connectivity index (χ4v) is 1.75. The molecule has 1 aromatic carbocycles. The van der Waals surface area contributed by atoms with Gasteiger partial charge in [-0.05, 0) is 18.8 Å². The zero-order valence-electron chi connectivity index (χ0n) is 10.7. The van der Waals surface area contributed by atoms with Crippen LogP contribution in [0.25, 0.3) is 0 Å². The number of rotatable bonds is 4. The summed E-state index contributed by atoms with van der Waals surface area (Å²) in [4.78, 5) is 22.1. The Hall–Kier alpha value is -2.50. The van der Waals surface area contributed by atoms with Crippen LogP contribution in [0.3, 0.4) is 0 Å². The molecule has 98 valence electrons. The highest BCUT2D eigenvalue weighted by atomic mass is 16.6. The maximum atomic E-state index is 12.0. The first-order valence-corrected chi connectivity index (χ1v) is 5.75. The monoisotopic (exact) mass is 259 g/mol. The van der Waals surface area contributed by atoms with Gasteiger partial charge in [0.1, 0.15) is 6.54 Å². The molecule has 6 heteroatoms. The summed E-state index contributed by atoms with van der Waals surface area (Å²) in [7, 11) is 0. The summed E-state index contributed by atoms with van der Waals surface area (Å²) in [5, 5.41) is 14.5. The van der Waals surface area contributed by atoms with E-state index in [0.717, 1.165) is 5.56 Å². The van der Waals surface area contributed by atoms with Gasteiger partial charge in [0.15, 0.2) is 5.78 Å². The summed E-state index contributed by atoms with van der Waals surface area (Å²) in [6.45, 7) is 3.53. The largest absolute Gasteiger partial charge is 0.392 e. The van der Waals surface area contributed by atoms with Gasteiger partial charge in [0.2, 0.25) is 0 Å². The van der Waals surface area contributed by atoms with E-state index in [1.54, 1.807) is 19.1 Å². The Balaban J connectivity index is 2.17. The maximum Gasteiger partial charge on any atom is 0.392 e. The second kappa shape index (κ2) is 5.01. The Morgan fingerprint density at radius 3 is 2.47 bits per heavy atom. The highest BCUT2D eigenvalue weighted by Gasteiger charge is 2.18. The van der Waals surface area contributed by atoms with Crippen LogP contribution >= 0.6 is 0 Å². The average molecular weight is 259 g/mol. The lowest BCUT2D eigenvalue weighted by molar-refractivity contribution is -0.390. The van der Waals surface area contributed by atoms with Gasteiger partial charge in [0.25, 0.3) is 0 Å². The summed E-state index contributed by atoms with van der Waals surface area (Å²) >= 11 is 0. The third-order valence-electron chi connectivity index (χ3n) is 2.77. The summed E-state index contributed by atoms with van der Waals surface area (Å²) in [5.74, 6) is -0.339. The number of Topliss-reactive ketones (excluding diaryl/α,β-unsaturated/α-hetero) is 1. The van der Waals surface area contributed by atoms with Crippen molar-refractivity contribution in [1.82, 2.24) is 9.78 Å². The van der Waals surface area contributed by atoms with E-state index in [4.69, 9.17) is 0 Å². The van der Waals surface area contributed by atoms with Gasteiger partial charge in [-0.1, -0.05) is 29.8 Å². The molecule has 0 bridgehead atoms. The number of nitrogens with zero attached hydrogens (tertiary/aromatic N) is 3. The van der Waals surface area contributed by atoms with Crippen molar-refractivity contribution in [2.45, 2.75) is 20.4 Å². The molecule has 0 fully saturated rings. The number of hydrogen-bond donors (Lipinski definition) is 0. The van der Waals surface area contributed by atoms with Crippen molar-refractivity contribution in [1.29, 1.82) is 0 Å². The predicted octanol–water partition coefficient (Wildman–Crippen LogP) is 2.29. The quantitative estimate of drug-likeness (QED) is 0.479. The van der Waals surface area contributed by atoms with Crippen LogP contribution in [-0.4, -0.2) is 20.5 Å². The molecule has 6 nitrogen and oxygen atoms in total. The van der Waals surface area contributed by atoms with Crippen LogP contribution in [0, 0.1) is 24.0 Å². The summed E-state index contributed by atoms with van der Waals surface area (Å²) < 4.78 is 1.30. The fourth-order valence-electron chi connectivity index (χ4n) is 1.75. The molecule has 0 aliphatic rings. The lowest BCUT2D eigenvalue weighted by atomic mass is 10.1. The SMILES string of the molecule is Cc1ccc(C(=O)Cn2cc(C)c([N+](=O)[O-])n2)cc1. The number of benzene rings is 1. The molecule has 1 heterocycles. The first-order chi connectivity index (χ1) is 8.97. The van der Waals surface area contributed by atoms with Crippen LogP contribution in [-0.2, 0) is 6.54 Å². The number of hydrogen-bond acceptors (Lipinski definition) is 4. The highest BCUT2D eigenvalue weighted by molar-refractivity contribution is 5.95. The smallest absolute Gasteiger partial charge is 0.358 e. The molecule has 0 radical (unpaired) electrons. The molecule has 0 amide bonds. The van der Waals surface area contributed by atoms with Crippen LogP contribution in [0.2, 0.25) is 0 Å². The molecule has 0 aliphatic carbocycles. The minimum Gasteiger partial charge on any atom is -0.358 e. The van der Waals surface area contributed by atoms with E-state index >= 15 is 0 Å².